The number of aliphatic carboxylic acids is 1. The number of hydrogen-bond donors (Lipinski definition) is 1. The largest absolute Gasteiger partial charge is 0.490 e. The minimum Gasteiger partial charge on any atom is -0.475 e. The topological polar surface area (TPSA) is 109 Å². The molecule has 3 atom stereocenters. The summed E-state index contributed by atoms with van der Waals surface area (Å²) in [6.45, 7) is 1.09. The second-order valence-corrected chi connectivity index (χ2v) is 7.16. The Hall–Kier alpha value is -2.73. The highest BCUT2D eigenvalue weighted by atomic mass is 19.4. The lowest BCUT2D eigenvalue weighted by Gasteiger charge is -2.39. The lowest BCUT2D eigenvalue weighted by atomic mass is 10.1. The Kier molecular flexibility index (Phi) is 8.34. The molecular weight excluding hydrogens is 423 g/mol. The first kappa shape index (κ1) is 24.5. The molecule has 2 aliphatic rings. The zero-order valence-corrected chi connectivity index (χ0v) is 17.0. The van der Waals surface area contributed by atoms with Crippen molar-refractivity contribution in [2.75, 3.05) is 33.9 Å². The van der Waals surface area contributed by atoms with Crippen LogP contribution in [-0.4, -0.2) is 96.0 Å². The van der Waals surface area contributed by atoms with Crippen LogP contribution in [0.15, 0.2) is 24.5 Å². The molecule has 1 saturated heterocycles. The summed E-state index contributed by atoms with van der Waals surface area (Å²) in [4.78, 5) is 40.7. The molecule has 9 nitrogen and oxygen atoms in total. The first-order valence-corrected chi connectivity index (χ1v) is 9.46. The summed E-state index contributed by atoms with van der Waals surface area (Å²) in [5, 5.41) is 7.12. The van der Waals surface area contributed by atoms with Crippen molar-refractivity contribution in [2.45, 2.75) is 37.3 Å². The molecule has 1 aliphatic carbocycles. The molecule has 1 aromatic rings. The van der Waals surface area contributed by atoms with E-state index in [2.05, 4.69) is 4.98 Å². The van der Waals surface area contributed by atoms with Gasteiger partial charge in [-0.2, -0.15) is 13.2 Å². The number of nitrogens with zero attached hydrogens (tertiary/aromatic N) is 3. The molecular formula is C19H24F3N3O6. The van der Waals surface area contributed by atoms with Gasteiger partial charge in [0, 0.05) is 33.0 Å². The van der Waals surface area contributed by atoms with Gasteiger partial charge in [-0.1, -0.05) is 0 Å². The lowest BCUT2D eigenvalue weighted by Crippen LogP contribution is -2.54. The highest BCUT2D eigenvalue weighted by Gasteiger charge is 2.45. The van der Waals surface area contributed by atoms with E-state index in [-0.39, 0.29) is 36.7 Å². The van der Waals surface area contributed by atoms with Gasteiger partial charge in [-0.05, 0) is 25.0 Å². The summed E-state index contributed by atoms with van der Waals surface area (Å²) in [5.41, 5.74) is 0.588. The maximum Gasteiger partial charge on any atom is 0.490 e. The van der Waals surface area contributed by atoms with Crippen molar-refractivity contribution in [3.05, 3.63) is 30.1 Å². The van der Waals surface area contributed by atoms with Crippen molar-refractivity contribution in [2.24, 2.45) is 0 Å². The van der Waals surface area contributed by atoms with Crippen molar-refractivity contribution in [3.63, 3.8) is 0 Å². The number of carboxylic acid groups (broad SMARTS) is 1. The minimum absolute atomic E-state index is 0.00841. The van der Waals surface area contributed by atoms with Crippen LogP contribution in [0.2, 0.25) is 0 Å². The normalized spacial score (nSPS) is 22.7. The average molecular weight is 447 g/mol. The molecule has 0 aromatic carbocycles. The number of fused-ring (bicyclic) bond motifs is 1. The van der Waals surface area contributed by atoms with Crippen LogP contribution in [0.1, 0.15) is 23.2 Å². The highest BCUT2D eigenvalue weighted by molar-refractivity contribution is 5.94. The van der Waals surface area contributed by atoms with Gasteiger partial charge in [0.15, 0.2) is 0 Å². The number of pyridine rings is 1. The number of morpholine rings is 1. The summed E-state index contributed by atoms with van der Waals surface area (Å²) in [5.74, 6) is -2.85. The molecule has 1 saturated carbocycles. The molecule has 12 heteroatoms. The number of carboxylic acids is 1. The van der Waals surface area contributed by atoms with Crippen LogP contribution in [0.4, 0.5) is 13.2 Å². The van der Waals surface area contributed by atoms with Gasteiger partial charge in [-0.15, -0.1) is 0 Å². The molecule has 0 spiro atoms. The van der Waals surface area contributed by atoms with Crippen LogP contribution in [0.25, 0.3) is 0 Å². The van der Waals surface area contributed by atoms with Crippen LogP contribution in [0.3, 0.4) is 0 Å². The number of amides is 2. The second kappa shape index (κ2) is 10.5. The van der Waals surface area contributed by atoms with Gasteiger partial charge >= 0.3 is 12.1 Å². The molecule has 1 aromatic heterocycles. The fraction of sp³-hybridized carbons (Fsp3) is 0.579. The third-order valence-corrected chi connectivity index (χ3v) is 4.87. The number of ether oxygens (including phenoxy) is 2. The fourth-order valence-corrected chi connectivity index (χ4v) is 3.31. The quantitative estimate of drug-likeness (QED) is 0.739. The summed E-state index contributed by atoms with van der Waals surface area (Å²) in [6, 6.07) is 3.53. The van der Waals surface area contributed by atoms with E-state index in [0.29, 0.717) is 18.7 Å². The number of carbonyl (C=O) groups excluding carboxylic acids is 2. The molecule has 2 amide bonds. The average Bonchev–Trinajstić information content (AvgIpc) is 3.15. The Morgan fingerprint density at radius 1 is 1.32 bits per heavy atom. The van der Waals surface area contributed by atoms with Gasteiger partial charge in [0.1, 0.15) is 12.7 Å². The maximum atomic E-state index is 12.7. The monoisotopic (exact) mass is 447 g/mol. The first-order valence-electron chi connectivity index (χ1n) is 9.46. The van der Waals surface area contributed by atoms with Crippen molar-refractivity contribution >= 4 is 17.8 Å². The van der Waals surface area contributed by atoms with E-state index in [4.69, 9.17) is 19.4 Å². The Bertz CT molecular complexity index is 775. The number of alkyl halides is 3. The van der Waals surface area contributed by atoms with Crippen LogP contribution >= 0.6 is 0 Å². The summed E-state index contributed by atoms with van der Waals surface area (Å²) >= 11 is 0. The number of halogens is 3. The van der Waals surface area contributed by atoms with Gasteiger partial charge in [0.2, 0.25) is 5.91 Å². The number of likely N-dealkylation sites (N-methyl/N-ethyl adjacent to an activating group) is 1. The third kappa shape index (κ3) is 6.62. The van der Waals surface area contributed by atoms with E-state index < -0.39 is 12.1 Å². The third-order valence-electron chi connectivity index (χ3n) is 4.87. The maximum absolute atomic E-state index is 12.7. The Morgan fingerprint density at radius 2 is 2.00 bits per heavy atom. The smallest absolute Gasteiger partial charge is 0.475 e. The molecule has 3 rings (SSSR count). The van der Waals surface area contributed by atoms with E-state index in [1.807, 2.05) is 4.90 Å². The number of hydrogen-bond acceptors (Lipinski definition) is 6. The second-order valence-electron chi connectivity index (χ2n) is 7.16. The van der Waals surface area contributed by atoms with Crippen molar-refractivity contribution < 1.29 is 42.1 Å². The van der Waals surface area contributed by atoms with Crippen LogP contribution in [-0.2, 0) is 19.1 Å². The van der Waals surface area contributed by atoms with E-state index in [0.717, 1.165) is 12.8 Å². The zero-order valence-electron chi connectivity index (χ0n) is 17.0. The molecule has 0 radical (unpaired) electrons. The van der Waals surface area contributed by atoms with Crippen molar-refractivity contribution in [3.8, 4) is 0 Å². The van der Waals surface area contributed by atoms with E-state index >= 15 is 0 Å². The Balaban J connectivity index is 0.000000423. The molecule has 0 bridgehead atoms. The summed E-state index contributed by atoms with van der Waals surface area (Å²) < 4.78 is 43.4. The van der Waals surface area contributed by atoms with Gasteiger partial charge in [-0.3, -0.25) is 14.6 Å². The predicted molar refractivity (Wildman–Crippen MR) is 100 cm³/mol. The molecule has 2 fully saturated rings. The molecule has 2 heterocycles. The Labute approximate surface area is 176 Å². The predicted octanol–water partition coefficient (Wildman–Crippen LogP) is 1.19. The van der Waals surface area contributed by atoms with Crippen LogP contribution < -0.4 is 0 Å². The molecule has 1 aliphatic heterocycles. The molecule has 172 valence electrons. The van der Waals surface area contributed by atoms with Gasteiger partial charge in [0.25, 0.3) is 5.91 Å². The molecule has 0 unspecified atom stereocenters. The summed E-state index contributed by atoms with van der Waals surface area (Å²) in [6.07, 6.45) is -0.562. The molecule has 31 heavy (non-hydrogen) atoms. The standard InChI is InChI=1S/C17H23N3O4.C2HF3O2/c1-19(2)15(21)11-24-14-6-5-13-16(14)23-9-8-20(13)17(22)12-4-3-7-18-10-12;3-2(4,5)1(6)7/h3-4,7,10,13-14,16H,5-6,8-9,11H2,1-2H3;(H,6,7)/t13-,14+,16+;/m0./s1. The number of carbonyl (C=O) groups is 3. The van der Waals surface area contributed by atoms with Gasteiger partial charge < -0.3 is 24.4 Å². The minimum atomic E-state index is -5.08. The Morgan fingerprint density at radius 3 is 2.55 bits per heavy atom. The number of rotatable bonds is 4. The first-order chi connectivity index (χ1) is 14.5. The summed E-state index contributed by atoms with van der Waals surface area (Å²) in [7, 11) is 3.41. The van der Waals surface area contributed by atoms with Gasteiger partial charge in [0.05, 0.1) is 24.3 Å². The van der Waals surface area contributed by atoms with E-state index in [9.17, 15) is 22.8 Å². The van der Waals surface area contributed by atoms with Crippen LogP contribution in [0.5, 0.6) is 0 Å². The van der Waals surface area contributed by atoms with Gasteiger partial charge in [-0.25, -0.2) is 4.79 Å². The van der Waals surface area contributed by atoms with Crippen LogP contribution in [0, 0.1) is 0 Å². The fourth-order valence-electron chi connectivity index (χ4n) is 3.31. The van der Waals surface area contributed by atoms with E-state index in [1.54, 1.807) is 38.6 Å². The van der Waals surface area contributed by atoms with E-state index in [1.165, 1.54) is 4.90 Å². The van der Waals surface area contributed by atoms with Crippen molar-refractivity contribution in [1.82, 2.24) is 14.8 Å². The SMILES string of the molecule is CN(C)C(=O)CO[C@@H]1CC[C@H]2[C@H]1OCCN2C(=O)c1cccnc1.O=C(O)C(F)(F)F. The lowest BCUT2D eigenvalue weighted by molar-refractivity contribution is -0.192. The molecule has 1 N–H and O–H groups in total. The van der Waals surface area contributed by atoms with Crippen molar-refractivity contribution in [1.29, 1.82) is 0 Å². The zero-order chi connectivity index (χ0) is 23.2. The number of aromatic nitrogens is 1. The highest BCUT2D eigenvalue weighted by Crippen LogP contribution is 2.33.